The molecule has 0 spiro atoms. The quantitative estimate of drug-likeness (QED) is 0.715. The molecule has 0 saturated heterocycles. The van der Waals surface area contributed by atoms with Crippen LogP contribution in [0.15, 0.2) is 20.1 Å². The van der Waals surface area contributed by atoms with Gasteiger partial charge in [-0.25, -0.2) is 8.42 Å². The lowest BCUT2D eigenvalue weighted by molar-refractivity contribution is 0.262. The molecule has 2 rings (SSSR count). The molecule has 1 aliphatic rings. The van der Waals surface area contributed by atoms with E-state index in [1.807, 2.05) is 0 Å². The summed E-state index contributed by atoms with van der Waals surface area (Å²) in [5.41, 5.74) is 0. The highest BCUT2D eigenvalue weighted by Crippen LogP contribution is 2.32. The minimum absolute atomic E-state index is 0.110. The Balaban J connectivity index is 2.26. The first-order chi connectivity index (χ1) is 9.05. The second-order valence-electron chi connectivity index (χ2n) is 4.66. The Hall–Kier alpha value is 0.380. The third-order valence-corrected chi connectivity index (χ3v) is 7.61. The van der Waals surface area contributed by atoms with Gasteiger partial charge in [0, 0.05) is 18.5 Å². The summed E-state index contributed by atoms with van der Waals surface area (Å²) in [5.74, 6) is 0.336. The Morgan fingerprint density at radius 2 is 2.00 bits per heavy atom. The van der Waals surface area contributed by atoms with Gasteiger partial charge in [-0.1, -0.05) is 19.3 Å². The SMILES string of the molecule is O=S(=O)(c1ccc(Br)s1)N(CCCl)C1CCCCC1. The summed E-state index contributed by atoms with van der Waals surface area (Å²) in [7, 11) is -3.40. The van der Waals surface area contributed by atoms with Crippen LogP contribution < -0.4 is 0 Å². The molecule has 0 amide bonds. The molecule has 0 bridgehead atoms. The Bertz CT molecular complexity index is 512. The van der Waals surface area contributed by atoms with Crippen LogP contribution in [0, 0.1) is 0 Å². The van der Waals surface area contributed by atoms with Gasteiger partial charge in [-0.3, -0.25) is 0 Å². The van der Waals surface area contributed by atoms with Crippen LogP contribution in [0.25, 0.3) is 0 Å². The van der Waals surface area contributed by atoms with Gasteiger partial charge in [-0.15, -0.1) is 22.9 Å². The average molecular weight is 387 g/mol. The Morgan fingerprint density at radius 1 is 1.32 bits per heavy atom. The number of hydrogen-bond donors (Lipinski definition) is 0. The summed E-state index contributed by atoms with van der Waals surface area (Å²) < 4.78 is 28.2. The van der Waals surface area contributed by atoms with Gasteiger partial charge in [0.2, 0.25) is 0 Å². The van der Waals surface area contributed by atoms with Gasteiger partial charge in [0.1, 0.15) is 4.21 Å². The molecule has 108 valence electrons. The van der Waals surface area contributed by atoms with E-state index in [0.29, 0.717) is 16.6 Å². The van der Waals surface area contributed by atoms with Crippen LogP contribution in [0.2, 0.25) is 0 Å². The molecular weight excluding hydrogens is 370 g/mol. The van der Waals surface area contributed by atoms with Gasteiger partial charge in [-0.2, -0.15) is 4.31 Å². The standard InChI is InChI=1S/C12H17BrClNO2S2/c13-11-6-7-12(18-11)19(16,17)15(9-8-14)10-4-2-1-3-5-10/h6-7,10H,1-5,8-9H2. The molecule has 0 radical (unpaired) electrons. The molecule has 3 nitrogen and oxygen atoms in total. The fourth-order valence-electron chi connectivity index (χ4n) is 2.50. The van der Waals surface area contributed by atoms with Crippen LogP contribution >= 0.6 is 38.9 Å². The van der Waals surface area contributed by atoms with Crippen molar-refractivity contribution in [1.82, 2.24) is 4.31 Å². The van der Waals surface area contributed by atoms with Crippen LogP contribution in [0.3, 0.4) is 0 Å². The van der Waals surface area contributed by atoms with E-state index in [1.54, 1.807) is 16.4 Å². The molecule has 1 saturated carbocycles. The van der Waals surface area contributed by atoms with E-state index in [4.69, 9.17) is 11.6 Å². The average Bonchev–Trinajstić information content (AvgIpc) is 2.84. The van der Waals surface area contributed by atoms with Crippen LogP contribution in [-0.2, 0) is 10.0 Å². The van der Waals surface area contributed by atoms with Gasteiger partial charge in [0.25, 0.3) is 10.0 Å². The lowest BCUT2D eigenvalue weighted by Gasteiger charge is -2.32. The van der Waals surface area contributed by atoms with Crippen molar-refractivity contribution in [1.29, 1.82) is 0 Å². The van der Waals surface area contributed by atoms with E-state index in [1.165, 1.54) is 17.8 Å². The summed E-state index contributed by atoms with van der Waals surface area (Å²) >= 11 is 10.4. The molecule has 7 heteroatoms. The first kappa shape index (κ1) is 15.8. The van der Waals surface area contributed by atoms with E-state index in [0.717, 1.165) is 29.5 Å². The fourth-order valence-corrected chi connectivity index (χ4v) is 6.61. The highest BCUT2D eigenvalue weighted by Gasteiger charge is 2.32. The molecule has 19 heavy (non-hydrogen) atoms. The lowest BCUT2D eigenvalue weighted by atomic mass is 9.95. The molecular formula is C12H17BrClNO2S2. The highest BCUT2D eigenvalue weighted by atomic mass is 79.9. The minimum atomic E-state index is -3.40. The molecule has 1 aromatic rings. The predicted molar refractivity (Wildman–Crippen MR) is 83.5 cm³/mol. The van der Waals surface area contributed by atoms with Crippen LogP contribution in [0.4, 0.5) is 0 Å². The molecule has 1 heterocycles. The Labute approximate surface area is 132 Å². The summed E-state index contributed by atoms with van der Waals surface area (Å²) in [6.45, 7) is 0.393. The maximum absolute atomic E-state index is 12.7. The number of alkyl halides is 1. The van der Waals surface area contributed by atoms with E-state index >= 15 is 0 Å². The molecule has 0 aliphatic heterocycles. The van der Waals surface area contributed by atoms with Crippen molar-refractivity contribution in [2.45, 2.75) is 42.4 Å². The molecule has 1 fully saturated rings. The molecule has 0 atom stereocenters. The van der Waals surface area contributed by atoms with E-state index < -0.39 is 10.0 Å². The number of halogens is 2. The zero-order chi connectivity index (χ0) is 13.9. The minimum Gasteiger partial charge on any atom is -0.206 e. The van der Waals surface area contributed by atoms with Crippen molar-refractivity contribution in [3.8, 4) is 0 Å². The van der Waals surface area contributed by atoms with Gasteiger partial charge in [0.05, 0.1) is 3.79 Å². The molecule has 1 aromatic heterocycles. The zero-order valence-corrected chi connectivity index (χ0v) is 14.5. The third kappa shape index (κ3) is 3.73. The summed E-state index contributed by atoms with van der Waals surface area (Å²) in [4.78, 5) is 0. The second kappa shape index (κ2) is 6.89. The molecule has 0 unspecified atom stereocenters. The number of nitrogens with zero attached hydrogens (tertiary/aromatic N) is 1. The summed E-state index contributed by atoms with van der Waals surface area (Å²) in [6.07, 6.45) is 5.31. The summed E-state index contributed by atoms with van der Waals surface area (Å²) in [6, 6.07) is 3.55. The van der Waals surface area contributed by atoms with Crippen molar-refractivity contribution in [3.05, 3.63) is 15.9 Å². The normalized spacial score (nSPS) is 18.1. The van der Waals surface area contributed by atoms with Crippen LogP contribution in [-0.4, -0.2) is 31.2 Å². The van der Waals surface area contributed by atoms with Crippen LogP contribution in [0.5, 0.6) is 0 Å². The van der Waals surface area contributed by atoms with Crippen molar-refractivity contribution in [3.63, 3.8) is 0 Å². The Kier molecular flexibility index (Phi) is 5.72. The zero-order valence-electron chi connectivity index (χ0n) is 10.5. The first-order valence-corrected chi connectivity index (χ1v) is 9.97. The van der Waals surface area contributed by atoms with Gasteiger partial charge in [0.15, 0.2) is 0 Å². The topological polar surface area (TPSA) is 37.4 Å². The lowest BCUT2D eigenvalue weighted by Crippen LogP contribution is -2.42. The van der Waals surface area contributed by atoms with Crippen molar-refractivity contribution >= 4 is 48.9 Å². The smallest absolute Gasteiger partial charge is 0.206 e. The predicted octanol–water partition coefficient (Wildman–Crippen LogP) is 4.07. The molecule has 0 N–H and O–H groups in total. The fraction of sp³-hybridized carbons (Fsp3) is 0.667. The maximum Gasteiger partial charge on any atom is 0.252 e. The Morgan fingerprint density at radius 3 is 2.53 bits per heavy atom. The van der Waals surface area contributed by atoms with Crippen molar-refractivity contribution < 1.29 is 8.42 Å². The van der Waals surface area contributed by atoms with E-state index in [9.17, 15) is 8.42 Å². The number of hydrogen-bond acceptors (Lipinski definition) is 3. The number of rotatable bonds is 5. The van der Waals surface area contributed by atoms with Crippen molar-refractivity contribution in [2.24, 2.45) is 0 Å². The first-order valence-electron chi connectivity index (χ1n) is 6.39. The van der Waals surface area contributed by atoms with E-state index in [-0.39, 0.29) is 6.04 Å². The van der Waals surface area contributed by atoms with Gasteiger partial charge < -0.3 is 0 Å². The second-order valence-corrected chi connectivity index (χ2v) is 9.61. The van der Waals surface area contributed by atoms with Gasteiger partial charge >= 0.3 is 0 Å². The van der Waals surface area contributed by atoms with Gasteiger partial charge in [-0.05, 0) is 40.9 Å². The number of sulfonamides is 1. The monoisotopic (exact) mass is 385 g/mol. The largest absolute Gasteiger partial charge is 0.252 e. The molecule has 0 aromatic carbocycles. The molecule has 1 aliphatic carbocycles. The van der Waals surface area contributed by atoms with E-state index in [2.05, 4.69) is 15.9 Å². The number of thiophene rings is 1. The highest BCUT2D eigenvalue weighted by molar-refractivity contribution is 9.11. The third-order valence-electron chi connectivity index (χ3n) is 3.40. The van der Waals surface area contributed by atoms with Crippen LogP contribution in [0.1, 0.15) is 32.1 Å². The van der Waals surface area contributed by atoms with Crippen molar-refractivity contribution in [2.75, 3.05) is 12.4 Å². The maximum atomic E-state index is 12.7. The summed E-state index contributed by atoms with van der Waals surface area (Å²) in [5, 5.41) is 0.